The van der Waals surface area contributed by atoms with Crippen molar-refractivity contribution in [2.24, 2.45) is 4.99 Å². The predicted molar refractivity (Wildman–Crippen MR) is 100 cm³/mol. The summed E-state index contributed by atoms with van der Waals surface area (Å²) in [5.41, 5.74) is 0. The molecule has 6 heteroatoms. The second-order valence-corrected chi connectivity index (χ2v) is 8.87. The third kappa shape index (κ3) is 4.89. The van der Waals surface area contributed by atoms with Crippen molar-refractivity contribution in [2.75, 3.05) is 40.0 Å². The number of aliphatic imine (C=N–C) groups is 1. The van der Waals surface area contributed by atoms with Crippen LogP contribution in [0.5, 0.6) is 0 Å². The summed E-state index contributed by atoms with van der Waals surface area (Å²) < 4.78 is 0.353. The van der Waals surface area contributed by atoms with E-state index in [1.54, 1.807) is 11.3 Å². The molecule has 0 aromatic carbocycles. The first-order chi connectivity index (χ1) is 10.5. The van der Waals surface area contributed by atoms with Gasteiger partial charge in [-0.15, -0.1) is 11.3 Å². The zero-order chi connectivity index (χ0) is 16.0. The zero-order valence-electron chi connectivity index (χ0n) is 14.1. The van der Waals surface area contributed by atoms with Crippen LogP contribution in [0.2, 0.25) is 0 Å². The highest BCUT2D eigenvalue weighted by Gasteiger charge is 2.29. The Labute approximate surface area is 142 Å². The molecule has 1 aliphatic rings. The van der Waals surface area contributed by atoms with Crippen molar-refractivity contribution in [3.63, 3.8) is 0 Å². The molecule has 1 aromatic rings. The molecule has 0 spiro atoms. The van der Waals surface area contributed by atoms with Gasteiger partial charge in [-0.05, 0) is 51.1 Å². The molecule has 22 heavy (non-hydrogen) atoms. The summed E-state index contributed by atoms with van der Waals surface area (Å²) in [4.78, 5) is 7.99. The number of hydrogen-bond acceptors (Lipinski definition) is 4. The van der Waals surface area contributed by atoms with Crippen molar-refractivity contribution >= 4 is 29.1 Å². The lowest BCUT2D eigenvalue weighted by molar-refractivity contribution is 0.302. The van der Waals surface area contributed by atoms with Gasteiger partial charge in [-0.2, -0.15) is 11.8 Å². The average molecular weight is 341 g/mol. The molecule has 2 N–H and O–H groups in total. The van der Waals surface area contributed by atoms with Crippen LogP contribution in [-0.4, -0.2) is 55.6 Å². The van der Waals surface area contributed by atoms with E-state index in [1.165, 1.54) is 23.5 Å². The fourth-order valence-electron chi connectivity index (χ4n) is 2.68. The molecular weight excluding hydrogens is 312 g/mol. The smallest absolute Gasteiger partial charge is 0.191 e. The Bertz CT molecular complexity index is 465. The van der Waals surface area contributed by atoms with Crippen LogP contribution >= 0.6 is 23.1 Å². The van der Waals surface area contributed by atoms with E-state index in [2.05, 4.69) is 70.8 Å². The van der Waals surface area contributed by atoms with Crippen LogP contribution in [0.4, 0.5) is 0 Å². The van der Waals surface area contributed by atoms with Gasteiger partial charge in [0.1, 0.15) is 0 Å². The number of nitrogens with zero attached hydrogens (tertiary/aromatic N) is 2. The Morgan fingerprint density at radius 2 is 2.27 bits per heavy atom. The van der Waals surface area contributed by atoms with Gasteiger partial charge in [0.25, 0.3) is 0 Å². The first-order valence-electron chi connectivity index (χ1n) is 7.82. The van der Waals surface area contributed by atoms with E-state index >= 15 is 0 Å². The predicted octanol–water partition coefficient (Wildman–Crippen LogP) is 2.80. The van der Waals surface area contributed by atoms with Crippen molar-refractivity contribution < 1.29 is 0 Å². The Morgan fingerprint density at radius 1 is 1.45 bits per heavy atom. The van der Waals surface area contributed by atoms with Crippen LogP contribution in [0.3, 0.4) is 0 Å². The maximum Gasteiger partial charge on any atom is 0.191 e. The minimum atomic E-state index is 0.353. The SMILES string of the molecule is CN=C(NCC(c1cccs1)N(C)C)NCC1(C)CCCS1. The van der Waals surface area contributed by atoms with Crippen LogP contribution in [-0.2, 0) is 0 Å². The minimum Gasteiger partial charge on any atom is -0.355 e. The molecular formula is C16H28N4S2. The molecule has 0 radical (unpaired) electrons. The van der Waals surface area contributed by atoms with E-state index in [9.17, 15) is 0 Å². The van der Waals surface area contributed by atoms with Gasteiger partial charge in [0.15, 0.2) is 5.96 Å². The molecule has 0 bridgehead atoms. The van der Waals surface area contributed by atoms with Crippen LogP contribution in [0, 0.1) is 0 Å². The molecule has 0 amide bonds. The van der Waals surface area contributed by atoms with Gasteiger partial charge >= 0.3 is 0 Å². The fourth-order valence-corrected chi connectivity index (χ4v) is 4.85. The molecule has 124 valence electrons. The second kappa shape index (κ2) is 8.22. The highest BCUT2D eigenvalue weighted by Crippen LogP contribution is 2.36. The highest BCUT2D eigenvalue weighted by atomic mass is 32.2. The van der Waals surface area contributed by atoms with E-state index < -0.39 is 0 Å². The van der Waals surface area contributed by atoms with E-state index in [0.717, 1.165) is 19.0 Å². The second-order valence-electron chi connectivity index (χ2n) is 6.20. The molecule has 1 aliphatic heterocycles. The van der Waals surface area contributed by atoms with E-state index in [0.29, 0.717) is 10.8 Å². The Kier molecular flexibility index (Phi) is 6.59. The lowest BCUT2D eigenvalue weighted by atomic mass is 10.1. The lowest BCUT2D eigenvalue weighted by Gasteiger charge is -2.27. The normalized spacial score (nSPS) is 23.8. The fraction of sp³-hybridized carbons (Fsp3) is 0.688. The van der Waals surface area contributed by atoms with Crippen molar-refractivity contribution in [3.05, 3.63) is 22.4 Å². The van der Waals surface area contributed by atoms with Crippen LogP contribution in [0.15, 0.2) is 22.5 Å². The number of thioether (sulfide) groups is 1. The standard InChI is InChI=1S/C16H28N4S2/c1-16(8-6-10-22-16)12-19-15(17-2)18-11-13(20(3)4)14-7-5-9-21-14/h5,7,9,13H,6,8,10-12H2,1-4H3,(H2,17,18,19). The topological polar surface area (TPSA) is 39.7 Å². The Balaban J connectivity index is 1.84. The molecule has 1 aromatic heterocycles. The van der Waals surface area contributed by atoms with Gasteiger partial charge in [-0.3, -0.25) is 4.99 Å². The van der Waals surface area contributed by atoms with Gasteiger partial charge in [0, 0.05) is 29.8 Å². The third-order valence-electron chi connectivity index (χ3n) is 4.11. The van der Waals surface area contributed by atoms with E-state index in [1.807, 2.05) is 7.05 Å². The summed E-state index contributed by atoms with van der Waals surface area (Å²) in [5, 5.41) is 9.11. The first-order valence-corrected chi connectivity index (χ1v) is 9.69. The largest absolute Gasteiger partial charge is 0.355 e. The summed E-state index contributed by atoms with van der Waals surface area (Å²) in [6, 6.07) is 4.68. The monoisotopic (exact) mass is 340 g/mol. The molecule has 1 saturated heterocycles. The molecule has 2 unspecified atom stereocenters. The number of guanidine groups is 1. The van der Waals surface area contributed by atoms with Crippen molar-refractivity contribution in [3.8, 4) is 0 Å². The maximum atomic E-state index is 4.36. The average Bonchev–Trinajstić information content (AvgIpc) is 3.14. The Morgan fingerprint density at radius 3 is 2.82 bits per heavy atom. The van der Waals surface area contributed by atoms with Crippen LogP contribution < -0.4 is 10.6 Å². The van der Waals surface area contributed by atoms with E-state index in [4.69, 9.17) is 0 Å². The summed E-state index contributed by atoms with van der Waals surface area (Å²) in [6.45, 7) is 4.18. The number of likely N-dealkylation sites (N-methyl/N-ethyl adjacent to an activating group) is 1. The van der Waals surface area contributed by atoms with E-state index in [-0.39, 0.29) is 0 Å². The van der Waals surface area contributed by atoms with Gasteiger partial charge in [-0.25, -0.2) is 0 Å². The molecule has 2 heterocycles. The number of thiophene rings is 1. The zero-order valence-corrected chi connectivity index (χ0v) is 15.7. The molecule has 1 fully saturated rings. The number of rotatable bonds is 6. The highest BCUT2D eigenvalue weighted by molar-refractivity contribution is 8.00. The lowest BCUT2D eigenvalue weighted by Crippen LogP contribution is -2.45. The summed E-state index contributed by atoms with van der Waals surface area (Å²) >= 11 is 3.88. The quantitative estimate of drug-likeness (QED) is 0.617. The summed E-state index contributed by atoms with van der Waals surface area (Å²) in [7, 11) is 6.09. The first kappa shape index (κ1) is 17.6. The summed E-state index contributed by atoms with van der Waals surface area (Å²) in [5.74, 6) is 2.18. The molecule has 4 nitrogen and oxygen atoms in total. The molecule has 2 atom stereocenters. The third-order valence-corrected chi connectivity index (χ3v) is 6.62. The van der Waals surface area contributed by atoms with Gasteiger partial charge < -0.3 is 15.5 Å². The number of nitrogens with one attached hydrogen (secondary N) is 2. The van der Waals surface area contributed by atoms with Gasteiger partial charge in [-0.1, -0.05) is 6.07 Å². The van der Waals surface area contributed by atoms with Crippen LogP contribution in [0.1, 0.15) is 30.7 Å². The minimum absolute atomic E-state index is 0.353. The number of hydrogen-bond donors (Lipinski definition) is 2. The Hall–Kier alpha value is -0.720. The molecule has 2 rings (SSSR count). The molecule has 0 saturated carbocycles. The van der Waals surface area contributed by atoms with Gasteiger partial charge in [0.2, 0.25) is 0 Å². The maximum absolute atomic E-state index is 4.36. The molecule has 0 aliphatic carbocycles. The van der Waals surface area contributed by atoms with Gasteiger partial charge in [0.05, 0.1) is 6.04 Å². The summed E-state index contributed by atoms with van der Waals surface area (Å²) in [6.07, 6.45) is 2.62. The van der Waals surface area contributed by atoms with Crippen molar-refractivity contribution in [2.45, 2.75) is 30.6 Å². The van der Waals surface area contributed by atoms with Crippen LogP contribution in [0.25, 0.3) is 0 Å². The van der Waals surface area contributed by atoms with Crippen molar-refractivity contribution in [1.29, 1.82) is 0 Å². The van der Waals surface area contributed by atoms with Crippen molar-refractivity contribution in [1.82, 2.24) is 15.5 Å².